The molecule has 0 bridgehead atoms. The van der Waals surface area contributed by atoms with Crippen molar-refractivity contribution in [3.8, 4) is 22.6 Å². The van der Waals surface area contributed by atoms with Crippen LogP contribution in [0.4, 0.5) is 11.5 Å². The molecule has 0 aliphatic heterocycles. The van der Waals surface area contributed by atoms with E-state index >= 15 is 0 Å². The lowest BCUT2D eigenvalue weighted by molar-refractivity contribution is -0.384. The Hall–Kier alpha value is -4.27. The van der Waals surface area contributed by atoms with E-state index in [0.29, 0.717) is 17.9 Å². The number of carbonyl (C=O) groups excluding carboxylic acids is 1. The summed E-state index contributed by atoms with van der Waals surface area (Å²) in [7, 11) is 0. The fourth-order valence-electron chi connectivity index (χ4n) is 3.38. The van der Waals surface area contributed by atoms with Crippen molar-refractivity contribution in [1.29, 1.82) is 0 Å². The van der Waals surface area contributed by atoms with Crippen LogP contribution in [0.25, 0.3) is 22.2 Å². The standard InChI is InChI=1S/C22H19N5O4/c1-13(2)26-10-18(20-21(23)24-12-25-22(20)26)14-3-6-17(7-4-14)31-19-8-5-16(27(29)30)9-15(19)11-28/h3-13H,1-2H3,(H2,23,24,25). The van der Waals surface area contributed by atoms with Crippen molar-refractivity contribution in [1.82, 2.24) is 14.5 Å². The van der Waals surface area contributed by atoms with E-state index in [1.807, 2.05) is 22.9 Å². The number of nitrogen functional groups attached to an aromatic ring is 1. The second-order valence-electron chi connectivity index (χ2n) is 7.22. The van der Waals surface area contributed by atoms with Crippen LogP contribution in [0.1, 0.15) is 30.2 Å². The van der Waals surface area contributed by atoms with Crippen LogP contribution in [0.3, 0.4) is 0 Å². The van der Waals surface area contributed by atoms with Crippen LogP contribution < -0.4 is 10.5 Å². The third-order valence-electron chi connectivity index (χ3n) is 4.92. The number of benzene rings is 2. The average Bonchev–Trinajstić information content (AvgIpc) is 3.16. The van der Waals surface area contributed by atoms with Gasteiger partial charge in [0.25, 0.3) is 5.69 Å². The monoisotopic (exact) mass is 417 g/mol. The number of aromatic nitrogens is 3. The van der Waals surface area contributed by atoms with Crippen LogP contribution in [-0.4, -0.2) is 25.7 Å². The first-order chi connectivity index (χ1) is 14.9. The summed E-state index contributed by atoms with van der Waals surface area (Å²) in [4.78, 5) is 30.2. The summed E-state index contributed by atoms with van der Waals surface area (Å²) in [6.45, 7) is 4.13. The molecule has 0 fully saturated rings. The maximum atomic E-state index is 11.3. The molecular weight excluding hydrogens is 398 g/mol. The number of aldehydes is 1. The minimum Gasteiger partial charge on any atom is -0.457 e. The summed E-state index contributed by atoms with van der Waals surface area (Å²) < 4.78 is 7.81. The first kappa shape index (κ1) is 20.0. The molecule has 0 spiro atoms. The Balaban J connectivity index is 1.69. The van der Waals surface area contributed by atoms with Gasteiger partial charge in [-0.3, -0.25) is 14.9 Å². The summed E-state index contributed by atoms with van der Waals surface area (Å²) in [5, 5.41) is 11.7. The Bertz CT molecular complexity index is 1300. The molecule has 0 radical (unpaired) electrons. The first-order valence-corrected chi connectivity index (χ1v) is 9.52. The smallest absolute Gasteiger partial charge is 0.270 e. The van der Waals surface area contributed by atoms with Crippen LogP contribution in [0, 0.1) is 10.1 Å². The zero-order valence-electron chi connectivity index (χ0n) is 16.9. The van der Waals surface area contributed by atoms with E-state index in [-0.39, 0.29) is 23.0 Å². The first-order valence-electron chi connectivity index (χ1n) is 9.52. The Kier molecular flexibility index (Phi) is 5.08. The summed E-state index contributed by atoms with van der Waals surface area (Å²) in [6, 6.07) is 11.3. The van der Waals surface area contributed by atoms with Crippen LogP contribution in [-0.2, 0) is 0 Å². The number of hydrogen-bond acceptors (Lipinski definition) is 7. The number of nitro benzene ring substituents is 1. The molecule has 2 heterocycles. The van der Waals surface area contributed by atoms with Crippen molar-refractivity contribution in [3.05, 3.63) is 70.7 Å². The molecule has 4 rings (SSSR count). The van der Waals surface area contributed by atoms with E-state index in [1.54, 1.807) is 12.1 Å². The van der Waals surface area contributed by atoms with E-state index in [2.05, 4.69) is 23.8 Å². The normalized spacial score (nSPS) is 11.1. The molecule has 0 saturated heterocycles. The Morgan fingerprint density at radius 1 is 1.16 bits per heavy atom. The van der Waals surface area contributed by atoms with E-state index in [4.69, 9.17) is 10.5 Å². The maximum Gasteiger partial charge on any atom is 0.270 e. The number of hydrogen-bond donors (Lipinski definition) is 1. The molecular formula is C22H19N5O4. The summed E-state index contributed by atoms with van der Waals surface area (Å²) in [5.74, 6) is 1.13. The lowest BCUT2D eigenvalue weighted by Gasteiger charge is -2.09. The van der Waals surface area contributed by atoms with Gasteiger partial charge in [-0.1, -0.05) is 12.1 Å². The average molecular weight is 417 g/mol. The number of ether oxygens (including phenoxy) is 1. The SMILES string of the molecule is CC(C)n1cc(-c2ccc(Oc3ccc([N+](=O)[O-])cc3C=O)cc2)c2c(N)ncnc21. The summed E-state index contributed by atoms with van der Waals surface area (Å²) >= 11 is 0. The fraction of sp³-hybridized carbons (Fsp3) is 0.136. The number of rotatable bonds is 6. The molecule has 9 nitrogen and oxygen atoms in total. The van der Waals surface area contributed by atoms with Crippen LogP contribution >= 0.6 is 0 Å². The molecule has 0 amide bonds. The molecule has 4 aromatic rings. The third kappa shape index (κ3) is 3.68. The van der Waals surface area contributed by atoms with E-state index < -0.39 is 4.92 Å². The van der Waals surface area contributed by atoms with Gasteiger partial charge in [0.05, 0.1) is 15.9 Å². The van der Waals surface area contributed by atoms with Crippen LogP contribution in [0.5, 0.6) is 11.5 Å². The van der Waals surface area contributed by atoms with Gasteiger partial charge >= 0.3 is 0 Å². The third-order valence-corrected chi connectivity index (χ3v) is 4.92. The minimum absolute atomic E-state index is 0.100. The van der Waals surface area contributed by atoms with Gasteiger partial charge in [-0.25, -0.2) is 9.97 Å². The molecule has 0 saturated carbocycles. The van der Waals surface area contributed by atoms with Crippen LogP contribution in [0.15, 0.2) is 55.0 Å². The van der Waals surface area contributed by atoms with Gasteiger partial charge < -0.3 is 15.0 Å². The molecule has 156 valence electrons. The highest BCUT2D eigenvalue weighted by Crippen LogP contribution is 2.35. The topological polar surface area (TPSA) is 126 Å². The van der Waals surface area contributed by atoms with Crippen molar-refractivity contribution in [2.24, 2.45) is 0 Å². The molecule has 9 heteroatoms. The number of nitrogens with two attached hydrogens (primary N) is 1. The zero-order valence-corrected chi connectivity index (χ0v) is 16.9. The lowest BCUT2D eigenvalue weighted by Crippen LogP contribution is -2.00. The Morgan fingerprint density at radius 3 is 2.55 bits per heavy atom. The van der Waals surface area contributed by atoms with E-state index in [9.17, 15) is 14.9 Å². The van der Waals surface area contributed by atoms with E-state index in [0.717, 1.165) is 22.2 Å². The minimum atomic E-state index is -0.561. The van der Waals surface area contributed by atoms with Gasteiger partial charge in [0.15, 0.2) is 6.29 Å². The second kappa shape index (κ2) is 7.86. The lowest BCUT2D eigenvalue weighted by atomic mass is 10.1. The zero-order chi connectivity index (χ0) is 22.1. The fourth-order valence-corrected chi connectivity index (χ4v) is 3.38. The second-order valence-corrected chi connectivity index (χ2v) is 7.22. The molecule has 0 unspecified atom stereocenters. The highest BCUT2D eigenvalue weighted by atomic mass is 16.6. The van der Waals surface area contributed by atoms with Gasteiger partial charge in [-0.05, 0) is 37.6 Å². The number of nitrogens with zero attached hydrogens (tertiary/aromatic N) is 4. The molecule has 2 N–H and O–H groups in total. The van der Waals surface area contributed by atoms with Crippen molar-refractivity contribution in [2.75, 3.05) is 5.73 Å². The van der Waals surface area contributed by atoms with Crippen molar-refractivity contribution in [2.45, 2.75) is 19.9 Å². The maximum absolute atomic E-state index is 11.3. The van der Waals surface area contributed by atoms with Gasteiger partial charge in [0.2, 0.25) is 0 Å². The highest BCUT2D eigenvalue weighted by molar-refractivity contribution is 6.00. The van der Waals surface area contributed by atoms with E-state index in [1.165, 1.54) is 24.5 Å². The van der Waals surface area contributed by atoms with Gasteiger partial charge in [-0.2, -0.15) is 0 Å². The van der Waals surface area contributed by atoms with Gasteiger partial charge in [-0.15, -0.1) is 0 Å². The van der Waals surface area contributed by atoms with Crippen molar-refractivity contribution >= 4 is 28.8 Å². The van der Waals surface area contributed by atoms with Crippen molar-refractivity contribution in [3.63, 3.8) is 0 Å². The van der Waals surface area contributed by atoms with Crippen LogP contribution in [0.2, 0.25) is 0 Å². The quantitative estimate of drug-likeness (QED) is 0.272. The number of fused-ring (bicyclic) bond motifs is 1. The largest absolute Gasteiger partial charge is 0.457 e. The molecule has 2 aromatic heterocycles. The predicted molar refractivity (Wildman–Crippen MR) is 116 cm³/mol. The number of nitro groups is 1. The summed E-state index contributed by atoms with van der Waals surface area (Å²) in [6.07, 6.45) is 3.98. The molecule has 31 heavy (non-hydrogen) atoms. The summed E-state index contributed by atoms with van der Waals surface area (Å²) in [5.41, 5.74) is 8.62. The Morgan fingerprint density at radius 2 is 1.90 bits per heavy atom. The Labute approximate surface area is 177 Å². The van der Waals surface area contributed by atoms with Gasteiger partial charge in [0.1, 0.15) is 29.3 Å². The highest BCUT2D eigenvalue weighted by Gasteiger charge is 2.17. The number of non-ortho nitro benzene ring substituents is 1. The molecule has 2 aromatic carbocycles. The molecule has 0 aliphatic rings. The number of anilines is 1. The predicted octanol–water partition coefficient (Wildman–Crippen LogP) is 4.77. The van der Waals surface area contributed by atoms with Crippen molar-refractivity contribution < 1.29 is 14.5 Å². The molecule has 0 aliphatic carbocycles. The molecule has 0 atom stereocenters. The number of carbonyl (C=O) groups is 1. The van der Waals surface area contributed by atoms with Gasteiger partial charge in [0, 0.05) is 29.9 Å².